The summed E-state index contributed by atoms with van der Waals surface area (Å²) in [5.41, 5.74) is 0. The summed E-state index contributed by atoms with van der Waals surface area (Å²) in [4.78, 5) is 11.4. The number of rotatable bonds is 3. The first-order valence-electron chi connectivity index (χ1n) is 4.46. The number of alkyl halides is 1. The number of esters is 1. The summed E-state index contributed by atoms with van der Waals surface area (Å²) in [6, 6.07) is 0. The molecule has 1 unspecified atom stereocenters. The molecule has 0 bridgehead atoms. The molecule has 1 saturated heterocycles. The molecule has 0 N–H and O–H groups in total. The molecular formula is C9H15BrO2S. The Bertz CT molecular complexity index is 183. The third-order valence-corrected chi connectivity index (χ3v) is 3.33. The van der Waals surface area contributed by atoms with Gasteiger partial charge in [0.15, 0.2) is 0 Å². The van der Waals surface area contributed by atoms with E-state index in [4.69, 9.17) is 4.74 Å². The predicted molar refractivity (Wildman–Crippen MR) is 59.4 cm³/mol. The third-order valence-electron chi connectivity index (χ3n) is 1.75. The number of carbonyl (C=O) groups excluding carboxylic acids is 1. The molecule has 1 rings (SSSR count). The van der Waals surface area contributed by atoms with E-state index in [2.05, 4.69) is 15.9 Å². The van der Waals surface area contributed by atoms with Crippen molar-refractivity contribution in [2.75, 3.05) is 12.4 Å². The maximum atomic E-state index is 11.4. The number of hydrogen-bond acceptors (Lipinski definition) is 3. The number of halogens is 1. The molecule has 0 aromatic carbocycles. The summed E-state index contributed by atoms with van der Waals surface area (Å²) < 4.78 is 5.08. The lowest BCUT2D eigenvalue weighted by atomic mass is 10.2. The molecule has 0 amide bonds. The first kappa shape index (κ1) is 11.4. The zero-order valence-electron chi connectivity index (χ0n) is 8.01. The number of hydrogen-bond donors (Lipinski definition) is 0. The molecular weight excluding hydrogens is 252 g/mol. The normalized spacial score (nSPS) is 23.2. The van der Waals surface area contributed by atoms with Gasteiger partial charge in [-0.2, -0.15) is 0 Å². The van der Waals surface area contributed by atoms with Crippen LogP contribution in [0.4, 0.5) is 0 Å². The van der Waals surface area contributed by atoms with E-state index in [1.807, 2.05) is 13.8 Å². The van der Waals surface area contributed by atoms with Gasteiger partial charge in [-0.1, -0.05) is 15.9 Å². The van der Waals surface area contributed by atoms with E-state index < -0.39 is 0 Å². The van der Waals surface area contributed by atoms with Crippen LogP contribution in [0.5, 0.6) is 0 Å². The van der Waals surface area contributed by atoms with Crippen molar-refractivity contribution in [1.29, 1.82) is 0 Å². The van der Waals surface area contributed by atoms with Crippen molar-refractivity contribution in [2.45, 2.75) is 36.3 Å². The minimum Gasteiger partial charge on any atom is -0.463 e. The van der Waals surface area contributed by atoms with Crippen molar-refractivity contribution in [3.05, 3.63) is 0 Å². The van der Waals surface area contributed by atoms with Crippen LogP contribution in [0.1, 0.15) is 26.7 Å². The maximum Gasteiger partial charge on any atom is 0.319 e. The third kappa shape index (κ3) is 4.36. The Morgan fingerprint density at radius 1 is 1.69 bits per heavy atom. The molecule has 0 aromatic rings. The zero-order valence-corrected chi connectivity index (χ0v) is 10.4. The zero-order chi connectivity index (χ0) is 9.90. The summed E-state index contributed by atoms with van der Waals surface area (Å²) in [5, 5.41) is 0.0925. The molecule has 4 heteroatoms. The van der Waals surface area contributed by atoms with E-state index in [0.717, 1.165) is 18.6 Å². The van der Waals surface area contributed by atoms with Gasteiger partial charge >= 0.3 is 5.97 Å². The van der Waals surface area contributed by atoms with Gasteiger partial charge < -0.3 is 4.74 Å². The number of thioether (sulfide) groups is 1. The largest absolute Gasteiger partial charge is 0.463 e. The standard InChI is InChI=1S/C9H15BrO2S/c1-9(2,10)6-12-8(11)7-4-3-5-13-7/h7H,3-6H2,1-2H3. The second-order valence-corrected chi connectivity index (χ2v) is 7.29. The van der Waals surface area contributed by atoms with Gasteiger partial charge in [0.05, 0.1) is 4.32 Å². The fraction of sp³-hybridized carbons (Fsp3) is 0.889. The van der Waals surface area contributed by atoms with Crippen molar-refractivity contribution < 1.29 is 9.53 Å². The highest BCUT2D eigenvalue weighted by molar-refractivity contribution is 9.10. The average molecular weight is 267 g/mol. The fourth-order valence-electron chi connectivity index (χ4n) is 1.10. The highest BCUT2D eigenvalue weighted by atomic mass is 79.9. The van der Waals surface area contributed by atoms with Crippen molar-refractivity contribution in [2.24, 2.45) is 0 Å². The van der Waals surface area contributed by atoms with Crippen LogP contribution >= 0.6 is 27.7 Å². The molecule has 0 aliphatic carbocycles. The van der Waals surface area contributed by atoms with Crippen LogP contribution < -0.4 is 0 Å². The smallest absolute Gasteiger partial charge is 0.319 e. The molecule has 0 radical (unpaired) electrons. The van der Waals surface area contributed by atoms with Crippen molar-refractivity contribution >= 4 is 33.7 Å². The fourth-order valence-corrected chi connectivity index (χ4v) is 2.37. The van der Waals surface area contributed by atoms with E-state index in [9.17, 15) is 4.79 Å². The van der Waals surface area contributed by atoms with Gasteiger partial charge in [0.2, 0.25) is 0 Å². The maximum absolute atomic E-state index is 11.4. The molecule has 2 nitrogen and oxygen atoms in total. The van der Waals surface area contributed by atoms with Gasteiger partial charge in [-0.15, -0.1) is 11.8 Å². The van der Waals surface area contributed by atoms with Crippen molar-refractivity contribution in [1.82, 2.24) is 0 Å². The van der Waals surface area contributed by atoms with Crippen molar-refractivity contribution in [3.8, 4) is 0 Å². The molecule has 1 atom stereocenters. The molecule has 76 valence electrons. The van der Waals surface area contributed by atoms with Gasteiger partial charge in [-0.05, 0) is 32.4 Å². The predicted octanol–water partition coefficient (Wildman–Crippen LogP) is 2.60. The number of carbonyl (C=O) groups is 1. The monoisotopic (exact) mass is 266 g/mol. The lowest BCUT2D eigenvalue weighted by Crippen LogP contribution is -2.25. The van der Waals surface area contributed by atoms with Gasteiger partial charge in [0.25, 0.3) is 0 Å². The summed E-state index contributed by atoms with van der Waals surface area (Å²) in [6.07, 6.45) is 2.12. The second kappa shape index (κ2) is 4.69. The molecule has 1 aliphatic heterocycles. The molecule has 0 spiro atoms. The molecule has 13 heavy (non-hydrogen) atoms. The summed E-state index contributed by atoms with van der Waals surface area (Å²) in [7, 11) is 0. The number of ether oxygens (including phenoxy) is 1. The van der Waals surface area contributed by atoms with Gasteiger partial charge in [0.1, 0.15) is 11.9 Å². The molecule has 0 aromatic heterocycles. The minimum atomic E-state index is -0.105. The Hall–Kier alpha value is 0.300. The van der Waals surface area contributed by atoms with E-state index in [1.165, 1.54) is 0 Å². The summed E-state index contributed by atoms with van der Waals surface area (Å²) in [5.74, 6) is 1.05. The quantitative estimate of drug-likeness (QED) is 0.580. The molecule has 1 heterocycles. The van der Waals surface area contributed by atoms with E-state index in [0.29, 0.717) is 6.61 Å². The molecule has 0 saturated carbocycles. The van der Waals surface area contributed by atoms with E-state index >= 15 is 0 Å². The molecule has 1 fully saturated rings. The topological polar surface area (TPSA) is 26.3 Å². The molecule has 1 aliphatic rings. The SMILES string of the molecule is CC(C)(Br)COC(=O)C1CCCS1. The summed E-state index contributed by atoms with van der Waals surface area (Å²) in [6.45, 7) is 4.42. The van der Waals surface area contributed by atoms with Crippen LogP contribution in [0.25, 0.3) is 0 Å². The van der Waals surface area contributed by atoms with Crippen LogP contribution in [0, 0.1) is 0 Å². The Labute approximate surface area is 91.9 Å². The van der Waals surface area contributed by atoms with E-state index in [1.54, 1.807) is 11.8 Å². The van der Waals surface area contributed by atoms with Crippen LogP contribution in [-0.2, 0) is 9.53 Å². The van der Waals surface area contributed by atoms with Gasteiger partial charge in [-0.3, -0.25) is 4.79 Å². The highest BCUT2D eigenvalue weighted by Gasteiger charge is 2.26. The van der Waals surface area contributed by atoms with Crippen LogP contribution in [0.3, 0.4) is 0 Å². The Morgan fingerprint density at radius 2 is 2.38 bits per heavy atom. The van der Waals surface area contributed by atoms with Crippen LogP contribution in [0.15, 0.2) is 0 Å². The lowest BCUT2D eigenvalue weighted by molar-refractivity contribution is -0.143. The van der Waals surface area contributed by atoms with E-state index in [-0.39, 0.29) is 15.5 Å². The Morgan fingerprint density at radius 3 is 2.85 bits per heavy atom. The lowest BCUT2D eigenvalue weighted by Gasteiger charge is -2.17. The van der Waals surface area contributed by atoms with Crippen LogP contribution in [0.2, 0.25) is 0 Å². The summed E-state index contributed by atoms with van der Waals surface area (Å²) >= 11 is 5.14. The van der Waals surface area contributed by atoms with Gasteiger partial charge in [-0.25, -0.2) is 0 Å². The Kier molecular flexibility index (Phi) is 4.10. The average Bonchev–Trinajstić information content (AvgIpc) is 2.50. The Balaban J connectivity index is 2.25. The second-order valence-electron chi connectivity index (χ2n) is 3.83. The van der Waals surface area contributed by atoms with Gasteiger partial charge in [0, 0.05) is 0 Å². The first-order chi connectivity index (χ1) is 5.99. The highest BCUT2D eigenvalue weighted by Crippen LogP contribution is 2.27. The van der Waals surface area contributed by atoms with Crippen LogP contribution in [-0.4, -0.2) is 27.9 Å². The minimum absolute atomic E-state index is 0.0463. The first-order valence-corrected chi connectivity index (χ1v) is 6.30. The van der Waals surface area contributed by atoms with Crippen molar-refractivity contribution in [3.63, 3.8) is 0 Å².